The number of aryl methyl sites for hydroxylation is 1. The standard InChI is InChI=1S/C20H22O2/c1-21-18-5-3-15-11-20(8-7-14(15)9-18)12-16-4-6-19(22-2)10-17(16)13-20/h3-6,9-10H,7-8,11-13H2,1-2H3. The molecule has 0 amide bonds. The summed E-state index contributed by atoms with van der Waals surface area (Å²) in [4.78, 5) is 0. The van der Waals surface area contributed by atoms with Crippen LogP contribution in [0.4, 0.5) is 0 Å². The van der Waals surface area contributed by atoms with Gasteiger partial charge in [0, 0.05) is 0 Å². The number of fused-ring (bicyclic) bond motifs is 2. The van der Waals surface area contributed by atoms with E-state index in [4.69, 9.17) is 9.47 Å². The average molecular weight is 294 g/mol. The van der Waals surface area contributed by atoms with Crippen molar-refractivity contribution in [3.05, 3.63) is 58.7 Å². The second-order valence-electron chi connectivity index (χ2n) is 6.80. The van der Waals surface area contributed by atoms with E-state index in [1.807, 2.05) is 0 Å². The van der Waals surface area contributed by atoms with Crippen LogP contribution in [0, 0.1) is 5.41 Å². The van der Waals surface area contributed by atoms with Gasteiger partial charge in [-0.25, -0.2) is 0 Å². The Kier molecular flexibility index (Phi) is 3.14. The van der Waals surface area contributed by atoms with Gasteiger partial charge in [-0.2, -0.15) is 0 Å². The highest BCUT2D eigenvalue weighted by Gasteiger charge is 2.39. The molecule has 1 spiro atoms. The van der Waals surface area contributed by atoms with Gasteiger partial charge < -0.3 is 9.47 Å². The van der Waals surface area contributed by atoms with E-state index in [1.54, 1.807) is 14.2 Å². The lowest BCUT2D eigenvalue weighted by Crippen LogP contribution is -2.29. The molecule has 2 aromatic carbocycles. The maximum absolute atomic E-state index is 5.38. The second kappa shape index (κ2) is 5.05. The average Bonchev–Trinajstić information content (AvgIpc) is 2.90. The van der Waals surface area contributed by atoms with E-state index in [1.165, 1.54) is 47.9 Å². The lowest BCUT2D eigenvalue weighted by atomic mass is 9.70. The molecule has 0 saturated heterocycles. The third-order valence-electron chi connectivity index (χ3n) is 5.45. The summed E-state index contributed by atoms with van der Waals surface area (Å²) < 4.78 is 10.7. The number of hydrogen-bond donors (Lipinski definition) is 0. The summed E-state index contributed by atoms with van der Waals surface area (Å²) in [6.45, 7) is 0. The number of methoxy groups -OCH3 is 2. The second-order valence-corrected chi connectivity index (χ2v) is 6.80. The van der Waals surface area contributed by atoms with Crippen molar-refractivity contribution in [2.45, 2.75) is 32.1 Å². The largest absolute Gasteiger partial charge is 0.497 e. The van der Waals surface area contributed by atoms with E-state index in [9.17, 15) is 0 Å². The molecule has 2 heteroatoms. The minimum atomic E-state index is 0.413. The van der Waals surface area contributed by atoms with Crippen molar-refractivity contribution < 1.29 is 9.47 Å². The molecular weight excluding hydrogens is 272 g/mol. The van der Waals surface area contributed by atoms with Crippen LogP contribution < -0.4 is 9.47 Å². The molecular formula is C20H22O2. The topological polar surface area (TPSA) is 18.5 Å². The molecule has 22 heavy (non-hydrogen) atoms. The molecule has 2 aliphatic rings. The van der Waals surface area contributed by atoms with E-state index in [0.29, 0.717) is 5.41 Å². The fourth-order valence-corrected chi connectivity index (χ4v) is 4.27. The van der Waals surface area contributed by atoms with Crippen LogP contribution >= 0.6 is 0 Å². The van der Waals surface area contributed by atoms with Crippen LogP contribution in [0.3, 0.4) is 0 Å². The fourth-order valence-electron chi connectivity index (χ4n) is 4.27. The van der Waals surface area contributed by atoms with Gasteiger partial charge in [0.2, 0.25) is 0 Å². The summed E-state index contributed by atoms with van der Waals surface area (Å²) in [6.07, 6.45) is 6.01. The van der Waals surface area contributed by atoms with Gasteiger partial charge in [0.05, 0.1) is 14.2 Å². The zero-order valence-corrected chi connectivity index (χ0v) is 13.3. The third-order valence-corrected chi connectivity index (χ3v) is 5.45. The maximum Gasteiger partial charge on any atom is 0.119 e. The number of rotatable bonds is 2. The molecule has 114 valence electrons. The van der Waals surface area contributed by atoms with Gasteiger partial charge in [0.25, 0.3) is 0 Å². The van der Waals surface area contributed by atoms with Crippen molar-refractivity contribution in [2.24, 2.45) is 5.41 Å². The summed E-state index contributed by atoms with van der Waals surface area (Å²) in [5.74, 6) is 1.96. The van der Waals surface area contributed by atoms with E-state index < -0.39 is 0 Å². The summed E-state index contributed by atoms with van der Waals surface area (Å²) in [6, 6.07) is 13.2. The van der Waals surface area contributed by atoms with Crippen LogP contribution in [0.2, 0.25) is 0 Å². The monoisotopic (exact) mass is 294 g/mol. The quantitative estimate of drug-likeness (QED) is 0.834. The van der Waals surface area contributed by atoms with E-state index in [-0.39, 0.29) is 0 Å². The normalized spacial score (nSPS) is 22.3. The summed E-state index contributed by atoms with van der Waals surface area (Å²) in [7, 11) is 3.49. The van der Waals surface area contributed by atoms with Crippen molar-refractivity contribution in [3.63, 3.8) is 0 Å². The Morgan fingerprint density at radius 1 is 0.727 bits per heavy atom. The molecule has 1 atom stereocenters. The lowest BCUT2D eigenvalue weighted by molar-refractivity contribution is 0.261. The first-order valence-electron chi connectivity index (χ1n) is 8.03. The third kappa shape index (κ3) is 2.18. The highest BCUT2D eigenvalue weighted by atomic mass is 16.5. The Hall–Kier alpha value is -1.96. The Balaban J connectivity index is 1.62. The molecule has 0 saturated carbocycles. The Morgan fingerprint density at radius 2 is 1.27 bits per heavy atom. The van der Waals surface area contributed by atoms with Gasteiger partial charge in [0.1, 0.15) is 11.5 Å². The van der Waals surface area contributed by atoms with Crippen molar-refractivity contribution in [3.8, 4) is 11.5 Å². The van der Waals surface area contributed by atoms with E-state index in [0.717, 1.165) is 17.9 Å². The molecule has 0 aliphatic heterocycles. The smallest absolute Gasteiger partial charge is 0.119 e. The molecule has 2 aliphatic carbocycles. The number of hydrogen-bond acceptors (Lipinski definition) is 2. The Bertz CT molecular complexity index is 720. The maximum atomic E-state index is 5.38. The molecule has 1 unspecified atom stereocenters. The Labute approximate surface area is 132 Å². The number of benzene rings is 2. The van der Waals surface area contributed by atoms with Gasteiger partial charge in [-0.15, -0.1) is 0 Å². The van der Waals surface area contributed by atoms with Gasteiger partial charge >= 0.3 is 0 Å². The van der Waals surface area contributed by atoms with Crippen LogP contribution in [0.5, 0.6) is 11.5 Å². The first-order chi connectivity index (χ1) is 10.7. The molecule has 2 nitrogen and oxygen atoms in total. The molecule has 0 radical (unpaired) electrons. The van der Waals surface area contributed by atoms with E-state index >= 15 is 0 Å². The van der Waals surface area contributed by atoms with Gasteiger partial charge in [-0.1, -0.05) is 12.1 Å². The molecule has 0 bridgehead atoms. The Morgan fingerprint density at radius 3 is 1.91 bits per heavy atom. The summed E-state index contributed by atoms with van der Waals surface area (Å²) in [5, 5.41) is 0. The molecule has 0 N–H and O–H groups in total. The molecule has 2 aromatic rings. The first kappa shape index (κ1) is 13.7. The van der Waals surface area contributed by atoms with Crippen LogP contribution in [-0.4, -0.2) is 14.2 Å². The van der Waals surface area contributed by atoms with Gasteiger partial charge in [-0.05, 0) is 84.0 Å². The molecule has 0 aromatic heterocycles. The predicted molar refractivity (Wildman–Crippen MR) is 87.9 cm³/mol. The van der Waals surface area contributed by atoms with Gasteiger partial charge in [-0.3, -0.25) is 0 Å². The van der Waals surface area contributed by atoms with Crippen molar-refractivity contribution in [1.82, 2.24) is 0 Å². The van der Waals surface area contributed by atoms with Crippen LogP contribution in [0.1, 0.15) is 28.7 Å². The fraction of sp³-hybridized carbons (Fsp3) is 0.400. The minimum Gasteiger partial charge on any atom is -0.497 e. The molecule has 0 fully saturated rings. The zero-order valence-electron chi connectivity index (χ0n) is 13.3. The van der Waals surface area contributed by atoms with E-state index in [2.05, 4.69) is 36.4 Å². The van der Waals surface area contributed by atoms with Crippen molar-refractivity contribution >= 4 is 0 Å². The highest BCUT2D eigenvalue weighted by Crippen LogP contribution is 2.47. The van der Waals surface area contributed by atoms with Crippen LogP contribution in [-0.2, 0) is 25.7 Å². The van der Waals surface area contributed by atoms with Crippen LogP contribution in [0.15, 0.2) is 36.4 Å². The molecule has 0 heterocycles. The van der Waals surface area contributed by atoms with Gasteiger partial charge in [0.15, 0.2) is 0 Å². The summed E-state index contributed by atoms with van der Waals surface area (Å²) >= 11 is 0. The highest BCUT2D eigenvalue weighted by molar-refractivity contribution is 5.44. The zero-order chi connectivity index (χ0) is 15.2. The minimum absolute atomic E-state index is 0.413. The first-order valence-corrected chi connectivity index (χ1v) is 8.03. The number of ether oxygens (including phenoxy) is 2. The summed E-state index contributed by atoms with van der Waals surface area (Å²) in [5.41, 5.74) is 6.38. The molecule has 4 rings (SSSR count). The lowest BCUT2D eigenvalue weighted by Gasteiger charge is -2.35. The van der Waals surface area contributed by atoms with Crippen molar-refractivity contribution in [1.29, 1.82) is 0 Å². The van der Waals surface area contributed by atoms with Crippen molar-refractivity contribution in [2.75, 3.05) is 14.2 Å². The predicted octanol–water partition coefficient (Wildman–Crippen LogP) is 3.98. The SMILES string of the molecule is COc1ccc2c(c1)CCC1(C2)Cc2ccc(OC)cc2C1. The van der Waals surface area contributed by atoms with Crippen LogP contribution in [0.25, 0.3) is 0 Å².